The smallest absolute Gasteiger partial charge is 0.238 e. The number of rotatable bonds is 8. The third kappa shape index (κ3) is 6.92. The Bertz CT molecular complexity index is 4610. The van der Waals surface area contributed by atoms with E-state index in [0.717, 1.165) is 99.4 Å². The van der Waals surface area contributed by atoms with Crippen LogP contribution in [0.2, 0.25) is 0 Å². The molecule has 0 spiro atoms. The normalized spacial score (nSPS) is 11.7. The number of hydrogen-bond acceptors (Lipinski definition) is 3. The second kappa shape index (κ2) is 17.3. The Morgan fingerprint density at radius 1 is 0.240 bits per heavy atom. The maximum Gasteiger partial charge on any atom is 0.238 e. The Morgan fingerprint density at radius 3 is 1.17 bits per heavy atom. The van der Waals surface area contributed by atoms with Crippen molar-refractivity contribution in [1.82, 2.24) is 28.7 Å². The highest BCUT2D eigenvalue weighted by molar-refractivity contribution is 6.26. The molecule has 0 N–H and O–H groups in total. The summed E-state index contributed by atoms with van der Waals surface area (Å²) in [5.74, 6) is 1.71. The van der Waals surface area contributed by atoms with Crippen LogP contribution in [0.5, 0.6) is 0 Å². The van der Waals surface area contributed by atoms with Crippen molar-refractivity contribution in [3.05, 3.63) is 267 Å². The summed E-state index contributed by atoms with van der Waals surface area (Å²) < 4.78 is 7.22. The molecule has 15 aromatic rings. The predicted octanol–water partition coefficient (Wildman–Crippen LogP) is 17.5. The second-order valence-electron chi connectivity index (χ2n) is 19.2. The van der Waals surface area contributed by atoms with Gasteiger partial charge < -0.3 is 9.13 Å². The molecular weight excluding hydrogens is 913 g/mol. The van der Waals surface area contributed by atoms with Crippen molar-refractivity contribution in [3.63, 3.8) is 0 Å². The zero-order chi connectivity index (χ0) is 49.4. The van der Waals surface area contributed by atoms with Gasteiger partial charge in [0.25, 0.3) is 0 Å². The van der Waals surface area contributed by atoms with Gasteiger partial charge in [-0.1, -0.05) is 218 Å². The molecule has 6 heteroatoms. The molecule has 0 radical (unpaired) electrons. The van der Waals surface area contributed by atoms with Crippen molar-refractivity contribution < 1.29 is 0 Å². The quantitative estimate of drug-likeness (QED) is 0.152. The maximum absolute atomic E-state index is 5.51. The summed E-state index contributed by atoms with van der Waals surface area (Å²) in [5.41, 5.74) is 17.4. The van der Waals surface area contributed by atoms with Crippen LogP contribution < -0.4 is 0 Å². The fraction of sp³-hybridized carbons (Fsp3) is 0. The van der Waals surface area contributed by atoms with Gasteiger partial charge >= 0.3 is 0 Å². The van der Waals surface area contributed by atoms with E-state index >= 15 is 0 Å². The van der Waals surface area contributed by atoms with E-state index in [9.17, 15) is 0 Å². The molecule has 11 aromatic carbocycles. The summed E-state index contributed by atoms with van der Waals surface area (Å²) in [6.07, 6.45) is 0. The monoisotopic (exact) mass is 956 g/mol. The van der Waals surface area contributed by atoms with Crippen molar-refractivity contribution in [2.45, 2.75) is 0 Å². The van der Waals surface area contributed by atoms with Gasteiger partial charge in [-0.05, 0) is 81.9 Å². The van der Waals surface area contributed by atoms with Crippen LogP contribution in [0.4, 0.5) is 0 Å². The minimum absolute atomic E-state index is 0.535. The molecule has 15 rings (SSSR count). The van der Waals surface area contributed by atoms with E-state index in [1.54, 1.807) is 0 Å². The lowest BCUT2D eigenvalue weighted by Crippen LogP contribution is -2.07. The van der Waals surface area contributed by atoms with Gasteiger partial charge in [-0.2, -0.15) is 9.97 Å². The molecule has 0 saturated carbocycles. The highest BCUT2D eigenvalue weighted by atomic mass is 15.2. The van der Waals surface area contributed by atoms with Crippen LogP contribution in [0, 0.1) is 0 Å². The highest BCUT2D eigenvalue weighted by Gasteiger charge is 2.28. The van der Waals surface area contributed by atoms with Gasteiger partial charge in [0, 0.05) is 49.1 Å². The molecule has 0 saturated heterocycles. The fourth-order valence-electron chi connectivity index (χ4n) is 11.5. The molecule has 0 aliphatic rings. The Balaban J connectivity index is 1.02. The number of nitrogens with zero attached hydrogens (tertiary/aromatic N) is 6. The van der Waals surface area contributed by atoms with Crippen molar-refractivity contribution in [2.75, 3.05) is 0 Å². The Morgan fingerprint density at radius 2 is 0.627 bits per heavy atom. The first-order valence-corrected chi connectivity index (χ1v) is 25.4. The Kier molecular flexibility index (Phi) is 9.78. The first-order valence-electron chi connectivity index (χ1n) is 25.4. The lowest BCUT2D eigenvalue weighted by molar-refractivity contribution is 0.953. The summed E-state index contributed by atoms with van der Waals surface area (Å²) in [6, 6.07) is 95.2. The average molecular weight is 957 g/mol. The maximum atomic E-state index is 5.51. The van der Waals surface area contributed by atoms with Gasteiger partial charge in [0.15, 0.2) is 11.6 Å². The number of aromatic nitrogens is 6. The zero-order valence-electron chi connectivity index (χ0n) is 40.6. The molecule has 4 heterocycles. The molecule has 75 heavy (non-hydrogen) atoms. The standard InChI is InChI=1S/C69H44N6/c1-4-19-45(20-5-1)47-35-39-49(40-36-47)67-70-68(50-41-37-48(38-42-50)52-24-18-23-51(43-52)46-21-6-2-7-22-46)72-69(71-67)75-62-34-17-13-30-57(62)64-63(75)44-58-56-29-12-14-31-59(56)73(53-25-8-3-9-26-53)65(58)66(64)74-60-32-15-10-27-54(60)55-28-11-16-33-61(55)74/h1-44H. The molecule has 4 aromatic heterocycles. The average Bonchev–Trinajstić information content (AvgIpc) is 4.14. The second-order valence-corrected chi connectivity index (χ2v) is 19.2. The molecule has 0 aliphatic heterocycles. The van der Waals surface area contributed by atoms with Crippen LogP contribution in [0.25, 0.3) is 139 Å². The minimum atomic E-state index is 0.535. The highest BCUT2D eigenvalue weighted by Crippen LogP contribution is 2.47. The van der Waals surface area contributed by atoms with Crippen LogP contribution in [0.1, 0.15) is 0 Å². The first kappa shape index (κ1) is 42.5. The summed E-state index contributed by atoms with van der Waals surface area (Å²) >= 11 is 0. The number of fused-ring (bicyclic) bond motifs is 9. The lowest BCUT2D eigenvalue weighted by Gasteiger charge is -2.17. The number of para-hydroxylation sites is 5. The van der Waals surface area contributed by atoms with Gasteiger partial charge in [0.2, 0.25) is 5.95 Å². The lowest BCUT2D eigenvalue weighted by atomic mass is 9.98. The molecule has 0 unspecified atom stereocenters. The van der Waals surface area contributed by atoms with Crippen LogP contribution in [0.15, 0.2) is 267 Å². The first-order chi connectivity index (χ1) is 37.2. The van der Waals surface area contributed by atoms with Crippen molar-refractivity contribution in [2.24, 2.45) is 0 Å². The summed E-state index contributed by atoms with van der Waals surface area (Å²) in [5, 5.41) is 6.87. The molecule has 0 bridgehead atoms. The van der Waals surface area contributed by atoms with Gasteiger partial charge in [0.05, 0.1) is 38.8 Å². The zero-order valence-corrected chi connectivity index (χ0v) is 40.6. The van der Waals surface area contributed by atoms with E-state index in [4.69, 9.17) is 15.0 Å². The topological polar surface area (TPSA) is 53.5 Å². The molecule has 0 atom stereocenters. The van der Waals surface area contributed by atoms with Crippen LogP contribution >= 0.6 is 0 Å². The Labute approximate surface area is 432 Å². The van der Waals surface area contributed by atoms with E-state index in [2.05, 4.69) is 275 Å². The molecule has 0 aliphatic carbocycles. The summed E-state index contributed by atoms with van der Waals surface area (Å²) in [4.78, 5) is 16.3. The predicted molar refractivity (Wildman–Crippen MR) is 310 cm³/mol. The largest absolute Gasteiger partial charge is 0.307 e. The molecule has 6 nitrogen and oxygen atoms in total. The Hall–Kier alpha value is -10.2. The third-order valence-corrected chi connectivity index (χ3v) is 14.9. The summed E-state index contributed by atoms with van der Waals surface area (Å²) in [7, 11) is 0. The van der Waals surface area contributed by atoms with E-state index in [0.29, 0.717) is 17.6 Å². The number of hydrogen-bond donors (Lipinski definition) is 0. The van der Waals surface area contributed by atoms with Crippen LogP contribution in [-0.4, -0.2) is 28.7 Å². The van der Waals surface area contributed by atoms with E-state index < -0.39 is 0 Å². The summed E-state index contributed by atoms with van der Waals surface area (Å²) in [6.45, 7) is 0. The van der Waals surface area contributed by atoms with Crippen LogP contribution in [0.3, 0.4) is 0 Å². The van der Waals surface area contributed by atoms with Gasteiger partial charge in [-0.25, -0.2) is 4.98 Å². The van der Waals surface area contributed by atoms with Crippen molar-refractivity contribution in [3.8, 4) is 73.5 Å². The van der Waals surface area contributed by atoms with E-state index in [1.165, 1.54) is 21.9 Å². The minimum Gasteiger partial charge on any atom is -0.307 e. The number of benzene rings is 11. The molecule has 350 valence electrons. The molecule has 0 amide bonds. The third-order valence-electron chi connectivity index (χ3n) is 14.9. The van der Waals surface area contributed by atoms with Crippen LogP contribution in [-0.2, 0) is 0 Å². The van der Waals surface area contributed by atoms with Gasteiger partial charge in [-0.3, -0.25) is 4.57 Å². The van der Waals surface area contributed by atoms with E-state index in [-0.39, 0.29) is 0 Å². The fourth-order valence-corrected chi connectivity index (χ4v) is 11.5. The molecule has 0 fully saturated rings. The van der Waals surface area contributed by atoms with Crippen molar-refractivity contribution >= 4 is 65.4 Å². The molecular formula is C69H44N6. The van der Waals surface area contributed by atoms with Gasteiger partial charge in [0.1, 0.15) is 0 Å². The van der Waals surface area contributed by atoms with E-state index in [1.807, 2.05) is 6.07 Å². The SMILES string of the molecule is c1ccc(-c2ccc(-c3nc(-c4ccc(-c5cccc(-c6ccccc6)c5)cc4)nc(-n4c5ccccc5c5c(-n6c7ccccc7c7ccccc76)c6c(cc54)c4ccccc4n6-c4ccccc4)n3)cc2)cc1. The van der Waals surface area contributed by atoms with Gasteiger partial charge in [-0.15, -0.1) is 0 Å². The van der Waals surface area contributed by atoms with Crippen molar-refractivity contribution in [1.29, 1.82) is 0 Å².